The monoisotopic (exact) mass is 220 g/mol. The van der Waals surface area contributed by atoms with Crippen LogP contribution in [0.5, 0.6) is 5.75 Å². The molecule has 4 heteroatoms. The average Bonchev–Trinajstić information content (AvgIpc) is 2.18. The lowest BCUT2D eigenvalue weighted by Gasteiger charge is -2.31. The molecule has 1 N–H and O–H groups in total. The molecule has 1 aliphatic heterocycles. The van der Waals surface area contributed by atoms with Gasteiger partial charge in [0.15, 0.2) is 11.4 Å². The minimum atomic E-state index is -1.000. The molecule has 0 aliphatic carbocycles. The van der Waals surface area contributed by atoms with Gasteiger partial charge in [-0.3, -0.25) is 4.79 Å². The number of carbonyl (C=O) groups is 2. The van der Waals surface area contributed by atoms with Crippen LogP contribution in [0.15, 0.2) is 18.2 Å². The van der Waals surface area contributed by atoms with Crippen LogP contribution in [-0.4, -0.2) is 22.5 Å². The number of hydrogen-bond acceptors (Lipinski definition) is 3. The van der Waals surface area contributed by atoms with Gasteiger partial charge in [0.2, 0.25) is 0 Å². The molecule has 4 nitrogen and oxygen atoms in total. The number of carbonyl (C=O) groups excluding carboxylic acids is 1. The van der Waals surface area contributed by atoms with Crippen molar-refractivity contribution in [2.24, 2.45) is 0 Å². The van der Waals surface area contributed by atoms with Crippen LogP contribution in [0.4, 0.5) is 0 Å². The molecule has 0 saturated carbocycles. The Bertz CT molecular complexity index is 474. The normalized spacial score (nSPS) is 17.5. The second-order valence-corrected chi connectivity index (χ2v) is 4.34. The van der Waals surface area contributed by atoms with Crippen LogP contribution in [0.2, 0.25) is 0 Å². The van der Waals surface area contributed by atoms with Crippen LogP contribution in [0.3, 0.4) is 0 Å². The van der Waals surface area contributed by atoms with Gasteiger partial charge in [0.1, 0.15) is 5.75 Å². The highest BCUT2D eigenvalue weighted by Gasteiger charge is 2.35. The molecule has 1 heterocycles. The van der Waals surface area contributed by atoms with Gasteiger partial charge in [0.25, 0.3) is 0 Å². The summed E-state index contributed by atoms with van der Waals surface area (Å²) in [7, 11) is 0. The Morgan fingerprint density at radius 3 is 2.75 bits per heavy atom. The summed E-state index contributed by atoms with van der Waals surface area (Å²) in [6.07, 6.45) is 0.226. The lowest BCUT2D eigenvalue weighted by atomic mass is 9.92. The largest absolute Gasteiger partial charge is 0.480 e. The van der Waals surface area contributed by atoms with E-state index in [9.17, 15) is 9.59 Å². The van der Waals surface area contributed by atoms with Crippen molar-refractivity contribution in [3.05, 3.63) is 29.3 Å². The summed E-state index contributed by atoms with van der Waals surface area (Å²) in [5.41, 5.74) is -0.00309. The molecule has 1 aromatic rings. The fraction of sp³-hybridized carbons (Fsp3) is 0.333. The fourth-order valence-electron chi connectivity index (χ4n) is 1.67. The van der Waals surface area contributed by atoms with E-state index in [0.717, 1.165) is 0 Å². The topological polar surface area (TPSA) is 63.6 Å². The molecular weight excluding hydrogens is 208 g/mol. The van der Waals surface area contributed by atoms with Gasteiger partial charge in [-0.1, -0.05) is 0 Å². The highest BCUT2D eigenvalue weighted by atomic mass is 16.5. The van der Waals surface area contributed by atoms with Gasteiger partial charge < -0.3 is 9.84 Å². The number of rotatable bonds is 1. The van der Waals surface area contributed by atoms with Crippen molar-refractivity contribution in [1.29, 1.82) is 0 Å². The molecule has 0 radical (unpaired) electrons. The van der Waals surface area contributed by atoms with Crippen molar-refractivity contribution in [2.45, 2.75) is 25.9 Å². The molecule has 0 unspecified atom stereocenters. The third-order valence-electron chi connectivity index (χ3n) is 2.70. The molecule has 0 spiro atoms. The zero-order valence-electron chi connectivity index (χ0n) is 9.11. The summed E-state index contributed by atoms with van der Waals surface area (Å²) in [5, 5.41) is 8.83. The zero-order chi connectivity index (χ0) is 11.9. The van der Waals surface area contributed by atoms with Crippen molar-refractivity contribution in [2.75, 3.05) is 0 Å². The Hall–Kier alpha value is -1.84. The lowest BCUT2D eigenvalue weighted by molar-refractivity contribution is -0.132. The Balaban J connectivity index is 2.44. The molecule has 16 heavy (non-hydrogen) atoms. The number of ether oxygens (including phenoxy) is 1. The first-order valence-electron chi connectivity index (χ1n) is 4.99. The Kier molecular flexibility index (Phi) is 2.22. The van der Waals surface area contributed by atoms with Crippen LogP contribution >= 0.6 is 0 Å². The molecule has 1 aromatic carbocycles. The molecule has 84 valence electrons. The van der Waals surface area contributed by atoms with E-state index in [1.54, 1.807) is 19.9 Å². The number of carboxylic acid groups (broad SMARTS) is 1. The summed E-state index contributed by atoms with van der Waals surface area (Å²) < 4.78 is 5.52. The number of hydrogen-bond donors (Lipinski definition) is 1. The molecule has 0 aromatic heterocycles. The second-order valence-electron chi connectivity index (χ2n) is 4.34. The van der Waals surface area contributed by atoms with Crippen molar-refractivity contribution in [3.8, 4) is 5.75 Å². The first-order chi connectivity index (χ1) is 7.40. The minimum Gasteiger partial charge on any atom is -0.480 e. The van der Waals surface area contributed by atoms with E-state index in [2.05, 4.69) is 0 Å². The highest BCUT2D eigenvalue weighted by Crippen LogP contribution is 2.31. The fourth-order valence-corrected chi connectivity index (χ4v) is 1.67. The quantitative estimate of drug-likeness (QED) is 0.781. The van der Waals surface area contributed by atoms with Crippen LogP contribution in [-0.2, 0) is 11.2 Å². The molecule has 0 bridgehead atoms. The average molecular weight is 220 g/mol. The van der Waals surface area contributed by atoms with Crippen LogP contribution in [0.25, 0.3) is 0 Å². The van der Waals surface area contributed by atoms with Gasteiger partial charge in [-0.25, -0.2) is 4.79 Å². The van der Waals surface area contributed by atoms with Gasteiger partial charge >= 0.3 is 5.97 Å². The van der Waals surface area contributed by atoms with E-state index < -0.39 is 11.6 Å². The summed E-state index contributed by atoms with van der Waals surface area (Å²) in [6, 6.07) is 4.57. The van der Waals surface area contributed by atoms with Gasteiger partial charge in [-0.2, -0.15) is 0 Å². The first-order valence-corrected chi connectivity index (χ1v) is 4.99. The number of benzene rings is 1. The maximum absolute atomic E-state index is 11.7. The van der Waals surface area contributed by atoms with Crippen molar-refractivity contribution >= 4 is 11.8 Å². The Morgan fingerprint density at radius 2 is 2.12 bits per heavy atom. The molecule has 2 rings (SSSR count). The predicted octanol–water partition coefficient (Wildman–Crippen LogP) is 1.67. The van der Waals surface area contributed by atoms with Crippen molar-refractivity contribution < 1.29 is 19.4 Å². The summed E-state index contributed by atoms with van der Waals surface area (Å²) >= 11 is 0. The molecule has 0 saturated heterocycles. The number of fused-ring (bicyclic) bond motifs is 1. The highest BCUT2D eigenvalue weighted by molar-refractivity contribution is 5.93. The molecule has 1 aliphatic rings. The number of aromatic carboxylic acids is 1. The van der Waals surface area contributed by atoms with Crippen LogP contribution in [0, 0.1) is 0 Å². The van der Waals surface area contributed by atoms with E-state index in [4.69, 9.17) is 9.84 Å². The van der Waals surface area contributed by atoms with E-state index in [-0.39, 0.29) is 17.8 Å². The Morgan fingerprint density at radius 1 is 1.44 bits per heavy atom. The van der Waals surface area contributed by atoms with E-state index >= 15 is 0 Å². The van der Waals surface area contributed by atoms with E-state index in [0.29, 0.717) is 11.3 Å². The first kappa shape index (κ1) is 10.7. The lowest BCUT2D eigenvalue weighted by Crippen LogP contribution is -2.42. The van der Waals surface area contributed by atoms with Gasteiger partial charge in [0.05, 0.1) is 5.56 Å². The summed E-state index contributed by atoms with van der Waals surface area (Å²) in [5.74, 6) is -0.447. The van der Waals surface area contributed by atoms with E-state index in [1.165, 1.54) is 12.1 Å². The third-order valence-corrected chi connectivity index (χ3v) is 2.70. The maximum Gasteiger partial charge on any atom is 0.335 e. The van der Waals surface area contributed by atoms with Gasteiger partial charge in [0, 0.05) is 12.0 Å². The molecule has 0 atom stereocenters. The molecule has 0 amide bonds. The predicted molar refractivity (Wildman–Crippen MR) is 56.8 cm³/mol. The second kappa shape index (κ2) is 3.33. The number of Topliss-reactive ketones (excluding diaryl/α,β-unsaturated/α-hetero) is 1. The third kappa shape index (κ3) is 1.66. The smallest absolute Gasteiger partial charge is 0.335 e. The molecular formula is C12H12O4. The van der Waals surface area contributed by atoms with Crippen molar-refractivity contribution in [1.82, 2.24) is 0 Å². The van der Waals surface area contributed by atoms with Gasteiger partial charge in [-0.15, -0.1) is 0 Å². The van der Waals surface area contributed by atoms with Crippen molar-refractivity contribution in [3.63, 3.8) is 0 Å². The summed E-state index contributed by atoms with van der Waals surface area (Å²) in [4.78, 5) is 22.5. The molecule has 0 fully saturated rings. The minimum absolute atomic E-state index is 0.0393. The number of ketones is 1. The van der Waals surface area contributed by atoms with E-state index in [1.807, 2.05) is 0 Å². The standard InChI is InChI=1S/C12H12O4/c1-12(2)10(13)6-8-5-7(11(14)15)3-4-9(8)16-12/h3-5H,6H2,1-2H3,(H,14,15). The number of carboxylic acids is 1. The zero-order valence-corrected chi connectivity index (χ0v) is 9.11. The Labute approximate surface area is 92.8 Å². The van der Waals surface area contributed by atoms with Crippen LogP contribution in [0.1, 0.15) is 29.8 Å². The van der Waals surface area contributed by atoms with Gasteiger partial charge in [-0.05, 0) is 32.0 Å². The SMILES string of the molecule is CC1(C)Oc2ccc(C(=O)O)cc2CC1=O. The maximum atomic E-state index is 11.7. The van der Waals surface area contributed by atoms with Crippen LogP contribution < -0.4 is 4.74 Å². The summed E-state index contributed by atoms with van der Waals surface area (Å²) in [6.45, 7) is 3.42.